The van der Waals surface area contributed by atoms with E-state index in [9.17, 15) is 9.59 Å². The summed E-state index contributed by atoms with van der Waals surface area (Å²) in [7, 11) is 3.09. The number of fused-ring (bicyclic) bond motifs is 1. The highest BCUT2D eigenvalue weighted by molar-refractivity contribution is 6.36. The second-order valence-corrected chi connectivity index (χ2v) is 8.39. The van der Waals surface area contributed by atoms with Gasteiger partial charge in [0.05, 0.1) is 6.54 Å². The summed E-state index contributed by atoms with van der Waals surface area (Å²) in [6.45, 7) is 0.275. The number of aryl methyl sites for hydroxylation is 1. The van der Waals surface area contributed by atoms with E-state index in [0.717, 1.165) is 30.3 Å². The van der Waals surface area contributed by atoms with Crippen molar-refractivity contribution in [2.45, 2.75) is 44.7 Å². The minimum absolute atomic E-state index is 0.275. The number of rotatable bonds is 4. The number of aromatic nitrogens is 4. The van der Waals surface area contributed by atoms with Gasteiger partial charge in [0.25, 0.3) is 5.56 Å². The Balaban J connectivity index is 1.92. The van der Waals surface area contributed by atoms with Gasteiger partial charge in [-0.2, -0.15) is 4.98 Å². The summed E-state index contributed by atoms with van der Waals surface area (Å²) in [5.74, 6) is 0.557. The molecule has 1 aliphatic rings. The van der Waals surface area contributed by atoms with Crippen LogP contribution in [-0.4, -0.2) is 24.7 Å². The first-order valence-corrected chi connectivity index (χ1v) is 10.5. The second-order valence-electron chi connectivity index (χ2n) is 7.58. The summed E-state index contributed by atoms with van der Waals surface area (Å²) < 4.78 is 4.28. The fourth-order valence-electron chi connectivity index (χ4n) is 3.98. The molecule has 0 saturated heterocycles. The lowest BCUT2D eigenvalue weighted by molar-refractivity contribution is 0.459. The molecule has 0 bridgehead atoms. The van der Waals surface area contributed by atoms with E-state index in [1.54, 1.807) is 29.8 Å². The maximum Gasteiger partial charge on any atom is 0.332 e. The third kappa shape index (κ3) is 3.57. The maximum atomic E-state index is 13.0. The number of hydrogen-bond acceptors (Lipinski definition) is 4. The highest BCUT2D eigenvalue weighted by Crippen LogP contribution is 2.29. The van der Waals surface area contributed by atoms with Crippen LogP contribution in [0.4, 0.5) is 5.95 Å². The Bertz CT molecular complexity index is 1170. The molecular weight excluding hydrogens is 413 g/mol. The van der Waals surface area contributed by atoms with Gasteiger partial charge >= 0.3 is 5.69 Å². The Morgan fingerprint density at radius 1 is 1.07 bits per heavy atom. The van der Waals surface area contributed by atoms with Crippen molar-refractivity contribution in [3.63, 3.8) is 0 Å². The molecule has 1 N–H and O–H groups in total. The molecule has 0 aliphatic heterocycles. The van der Waals surface area contributed by atoms with E-state index in [-0.39, 0.29) is 12.6 Å². The van der Waals surface area contributed by atoms with Crippen LogP contribution in [0.15, 0.2) is 27.8 Å². The molecule has 4 rings (SSSR count). The van der Waals surface area contributed by atoms with Gasteiger partial charge in [0.2, 0.25) is 5.95 Å². The van der Waals surface area contributed by atoms with Crippen LogP contribution in [0.3, 0.4) is 0 Å². The average Bonchev–Trinajstić information content (AvgIpc) is 3.06. The summed E-state index contributed by atoms with van der Waals surface area (Å²) in [6, 6.07) is 5.60. The van der Waals surface area contributed by atoms with Crippen LogP contribution in [0.2, 0.25) is 10.0 Å². The quantitative estimate of drug-likeness (QED) is 0.679. The standard InChI is InChI=1S/C20H23Cl2N5O2/c1-25-17-16(18(28)26(2)20(25)29)27(11-13-14(21)9-6-10-15(13)22)19(24-17)23-12-7-4-3-5-8-12/h6,9-10,12H,3-5,7-8,11H2,1-2H3,(H,23,24). The van der Waals surface area contributed by atoms with E-state index in [1.165, 1.54) is 18.0 Å². The first-order chi connectivity index (χ1) is 13.9. The first kappa shape index (κ1) is 20.0. The van der Waals surface area contributed by atoms with Crippen LogP contribution in [0.5, 0.6) is 0 Å². The van der Waals surface area contributed by atoms with Gasteiger partial charge in [0, 0.05) is 35.7 Å². The fraction of sp³-hybridized carbons (Fsp3) is 0.450. The van der Waals surface area contributed by atoms with Crippen molar-refractivity contribution in [3.8, 4) is 0 Å². The average molecular weight is 436 g/mol. The molecule has 0 radical (unpaired) electrons. The van der Waals surface area contributed by atoms with Crippen LogP contribution < -0.4 is 16.6 Å². The molecule has 7 nitrogen and oxygen atoms in total. The lowest BCUT2D eigenvalue weighted by Gasteiger charge is -2.24. The van der Waals surface area contributed by atoms with E-state index in [4.69, 9.17) is 23.2 Å². The second kappa shape index (κ2) is 7.88. The molecule has 0 atom stereocenters. The zero-order chi connectivity index (χ0) is 20.7. The molecule has 1 fully saturated rings. The fourth-order valence-corrected chi connectivity index (χ4v) is 4.50. The van der Waals surface area contributed by atoms with E-state index in [0.29, 0.717) is 32.7 Å². The molecule has 29 heavy (non-hydrogen) atoms. The van der Waals surface area contributed by atoms with E-state index >= 15 is 0 Å². The Kier molecular flexibility index (Phi) is 5.44. The molecule has 1 saturated carbocycles. The van der Waals surface area contributed by atoms with Crippen LogP contribution in [0, 0.1) is 0 Å². The number of halogens is 2. The van der Waals surface area contributed by atoms with Gasteiger partial charge in [-0.25, -0.2) is 4.79 Å². The molecule has 154 valence electrons. The largest absolute Gasteiger partial charge is 0.353 e. The zero-order valence-corrected chi connectivity index (χ0v) is 17.9. The van der Waals surface area contributed by atoms with Crippen molar-refractivity contribution in [1.29, 1.82) is 0 Å². The molecule has 0 amide bonds. The van der Waals surface area contributed by atoms with Gasteiger partial charge in [-0.1, -0.05) is 48.5 Å². The topological polar surface area (TPSA) is 73.8 Å². The predicted octanol–water partition coefficient (Wildman–Crippen LogP) is 3.53. The van der Waals surface area contributed by atoms with Gasteiger partial charge in [-0.3, -0.25) is 18.5 Å². The lowest BCUT2D eigenvalue weighted by Crippen LogP contribution is -2.37. The lowest BCUT2D eigenvalue weighted by atomic mass is 9.96. The Morgan fingerprint density at radius 2 is 1.72 bits per heavy atom. The number of imidazole rings is 1. The van der Waals surface area contributed by atoms with Crippen molar-refractivity contribution in [1.82, 2.24) is 18.7 Å². The van der Waals surface area contributed by atoms with Gasteiger partial charge in [-0.15, -0.1) is 0 Å². The Morgan fingerprint density at radius 3 is 2.38 bits per heavy atom. The molecule has 3 aromatic rings. The monoisotopic (exact) mass is 435 g/mol. The predicted molar refractivity (Wildman–Crippen MR) is 116 cm³/mol. The molecular formula is C20H23Cl2N5O2. The molecule has 0 unspecified atom stereocenters. The minimum Gasteiger partial charge on any atom is -0.353 e. The molecule has 1 aromatic carbocycles. The number of hydrogen-bond donors (Lipinski definition) is 1. The summed E-state index contributed by atoms with van der Waals surface area (Å²) in [5, 5.41) is 4.53. The molecule has 1 aliphatic carbocycles. The highest BCUT2D eigenvalue weighted by Gasteiger charge is 2.23. The summed E-state index contributed by atoms with van der Waals surface area (Å²) in [6.07, 6.45) is 5.65. The molecule has 2 heterocycles. The summed E-state index contributed by atoms with van der Waals surface area (Å²) >= 11 is 12.8. The van der Waals surface area contributed by atoms with Crippen molar-refractivity contribution < 1.29 is 0 Å². The van der Waals surface area contributed by atoms with Gasteiger partial charge in [-0.05, 0) is 25.0 Å². The van der Waals surface area contributed by atoms with Gasteiger partial charge in [0.1, 0.15) is 0 Å². The normalized spacial score (nSPS) is 15.2. The zero-order valence-electron chi connectivity index (χ0n) is 16.4. The Hall–Kier alpha value is -2.25. The summed E-state index contributed by atoms with van der Waals surface area (Å²) in [5.41, 5.74) is 0.601. The summed E-state index contributed by atoms with van der Waals surface area (Å²) in [4.78, 5) is 30.0. The van der Waals surface area contributed by atoms with Crippen LogP contribution >= 0.6 is 23.2 Å². The van der Waals surface area contributed by atoms with E-state index < -0.39 is 11.2 Å². The van der Waals surface area contributed by atoms with Crippen molar-refractivity contribution in [2.24, 2.45) is 14.1 Å². The molecule has 2 aromatic heterocycles. The number of anilines is 1. The number of nitrogens with zero attached hydrogens (tertiary/aromatic N) is 4. The maximum absolute atomic E-state index is 13.0. The van der Waals surface area contributed by atoms with Crippen molar-refractivity contribution in [2.75, 3.05) is 5.32 Å². The van der Waals surface area contributed by atoms with Crippen molar-refractivity contribution in [3.05, 3.63) is 54.6 Å². The van der Waals surface area contributed by atoms with E-state index in [2.05, 4.69) is 10.3 Å². The van der Waals surface area contributed by atoms with Crippen LogP contribution in [0.25, 0.3) is 11.2 Å². The Labute approximate surface area is 177 Å². The van der Waals surface area contributed by atoms with Gasteiger partial charge < -0.3 is 5.32 Å². The number of benzene rings is 1. The van der Waals surface area contributed by atoms with Crippen LogP contribution in [0.1, 0.15) is 37.7 Å². The first-order valence-electron chi connectivity index (χ1n) is 9.74. The van der Waals surface area contributed by atoms with Gasteiger partial charge in [0.15, 0.2) is 11.2 Å². The van der Waals surface area contributed by atoms with Crippen LogP contribution in [-0.2, 0) is 20.6 Å². The SMILES string of the molecule is Cn1c(=O)c2c(nc(NC3CCCCC3)n2Cc2c(Cl)cccc2Cl)n(C)c1=O. The number of nitrogens with one attached hydrogen (secondary N) is 1. The minimum atomic E-state index is -0.410. The molecule has 0 spiro atoms. The van der Waals surface area contributed by atoms with Crippen molar-refractivity contribution >= 4 is 40.3 Å². The smallest absolute Gasteiger partial charge is 0.332 e. The highest BCUT2D eigenvalue weighted by atomic mass is 35.5. The van der Waals surface area contributed by atoms with E-state index in [1.807, 2.05) is 0 Å². The third-order valence-electron chi connectivity index (χ3n) is 5.66. The molecule has 9 heteroatoms. The third-order valence-corrected chi connectivity index (χ3v) is 6.37.